The van der Waals surface area contributed by atoms with Gasteiger partial charge in [0, 0.05) is 12.2 Å². The fourth-order valence-corrected chi connectivity index (χ4v) is 2.64. The predicted octanol–water partition coefficient (Wildman–Crippen LogP) is 3.75. The Labute approximate surface area is 168 Å². The summed E-state index contributed by atoms with van der Waals surface area (Å²) in [7, 11) is 0. The number of nitrogens with zero attached hydrogens (tertiary/aromatic N) is 1. The fourth-order valence-electron chi connectivity index (χ4n) is 2.46. The molecule has 0 spiro atoms. The predicted molar refractivity (Wildman–Crippen MR) is 110 cm³/mol. The molecule has 28 heavy (non-hydrogen) atoms. The SMILES string of the molecule is CC(C)(CN)CNC(=NCc1ccc2c(c1)OCO2)Nc1ccc(F)c(Cl)c1. The Balaban J connectivity index is 1.75. The molecule has 3 rings (SSSR count). The Kier molecular flexibility index (Phi) is 6.26. The number of nitrogens with two attached hydrogens (primary N) is 1. The molecule has 0 unspecified atom stereocenters. The Morgan fingerprint density at radius 3 is 2.75 bits per heavy atom. The largest absolute Gasteiger partial charge is 0.454 e. The Bertz CT molecular complexity index is 873. The standard InChI is InChI=1S/C20H24ClFN4O2/c1-20(2,10-23)11-25-19(26-14-4-5-16(22)15(21)8-14)24-9-13-3-6-17-18(7-13)28-12-27-17/h3-8H,9-12,23H2,1-2H3,(H2,24,25,26). The summed E-state index contributed by atoms with van der Waals surface area (Å²) in [6, 6.07) is 10.1. The number of anilines is 1. The van der Waals surface area contributed by atoms with Gasteiger partial charge in [-0.2, -0.15) is 0 Å². The molecule has 0 saturated carbocycles. The lowest BCUT2D eigenvalue weighted by atomic mass is 9.94. The minimum Gasteiger partial charge on any atom is -0.454 e. The van der Waals surface area contributed by atoms with Crippen molar-refractivity contribution < 1.29 is 13.9 Å². The summed E-state index contributed by atoms with van der Waals surface area (Å²) in [6.07, 6.45) is 0. The molecule has 6 nitrogen and oxygen atoms in total. The molecular weight excluding hydrogens is 383 g/mol. The van der Waals surface area contributed by atoms with E-state index in [1.54, 1.807) is 6.07 Å². The molecule has 1 aliphatic heterocycles. The topological polar surface area (TPSA) is 80.9 Å². The lowest BCUT2D eigenvalue weighted by Gasteiger charge is -2.24. The Morgan fingerprint density at radius 1 is 1.21 bits per heavy atom. The summed E-state index contributed by atoms with van der Waals surface area (Å²) in [6.45, 7) is 5.91. The van der Waals surface area contributed by atoms with Crippen LogP contribution in [0.1, 0.15) is 19.4 Å². The van der Waals surface area contributed by atoms with E-state index < -0.39 is 5.82 Å². The first-order valence-electron chi connectivity index (χ1n) is 8.95. The lowest BCUT2D eigenvalue weighted by molar-refractivity contribution is 0.174. The first-order chi connectivity index (χ1) is 13.4. The quantitative estimate of drug-likeness (QED) is 0.503. The molecule has 0 saturated heterocycles. The van der Waals surface area contributed by atoms with E-state index in [4.69, 9.17) is 26.8 Å². The maximum Gasteiger partial charge on any atom is 0.231 e. The monoisotopic (exact) mass is 406 g/mol. The van der Waals surface area contributed by atoms with E-state index in [2.05, 4.69) is 29.5 Å². The van der Waals surface area contributed by atoms with Crippen LogP contribution in [0.15, 0.2) is 41.4 Å². The average Bonchev–Trinajstić information content (AvgIpc) is 3.14. The number of aliphatic imine (C=N–C) groups is 1. The van der Waals surface area contributed by atoms with Crippen molar-refractivity contribution in [3.05, 3.63) is 52.8 Å². The van der Waals surface area contributed by atoms with E-state index in [-0.39, 0.29) is 17.2 Å². The van der Waals surface area contributed by atoms with Gasteiger partial charge in [0.15, 0.2) is 17.5 Å². The second kappa shape index (κ2) is 8.67. The van der Waals surface area contributed by atoms with Gasteiger partial charge < -0.3 is 25.8 Å². The van der Waals surface area contributed by atoms with Crippen LogP contribution >= 0.6 is 11.6 Å². The van der Waals surface area contributed by atoms with Gasteiger partial charge in [0.1, 0.15) is 5.82 Å². The van der Waals surface area contributed by atoms with Crippen molar-refractivity contribution in [2.24, 2.45) is 16.1 Å². The van der Waals surface area contributed by atoms with Crippen LogP contribution in [0, 0.1) is 11.2 Å². The number of benzene rings is 2. The van der Waals surface area contributed by atoms with Crippen molar-refractivity contribution in [2.75, 3.05) is 25.2 Å². The summed E-state index contributed by atoms with van der Waals surface area (Å²) >= 11 is 5.88. The normalized spacial score (nSPS) is 13.5. The molecule has 0 amide bonds. The molecule has 0 bridgehead atoms. The van der Waals surface area contributed by atoms with Crippen molar-refractivity contribution in [3.8, 4) is 11.5 Å². The van der Waals surface area contributed by atoms with Crippen LogP contribution in [0.5, 0.6) is 11.5 Å². The second-order valence-corrected chi connectivity index (χ2v) is 7.74. The van der Waals surface area contributed by atoms with E-state index in [1.165, 1.54) is 12.1 Å². The van der Waals surface area contributed by atoms with E-state index in [0.717, 1.165) is 11.3 Å². The van der Waals surface area contributed by atoms with E-state index in [0.29, 0.717) is 37.0 Å². The van der Waals surface area contributed by atoms with Crippen molar-refractivity contribution in [1.29, 1.82) is 0 Å². The number of ether oxygens (including phenoxy) is 2. The van der Waals surface area contributed by atoms with Gasteiger partial charge in [0.05, 0.1) is 11.6 Å². The molecule has 1 heterocycles. The summed E-state index contributed by atoms with van der Waals surface area (Å²) in [5, 5.41) is 6.48. The van der Waals surface area contributed by atoms with Gasteiger partial charge in [-0.15, -0.1) is 0 Å². The molecule has 0 atom stereocenters. The second-order valence-electron chi connectivity index (χ2n) is 7.33. The van der Waals surface area contributed by atoms with Crippen molar-refractivity contribution in [3.63, 3.8) is 0 Å². The van der Waals surface area contributed by atoms with Crippen molar-refractivity contribution in [2.45, 2.75) is 20.4 Å². The molecular formula is C20H24ClFN4O2. The molecule has 0 aliphatic carbocycles. The van der Waals surface area contributed by atoms with Crippen LogP contribution in [0.25, 0.3) is 0 Å². The number of nitrogens with one attached hydrogen (secondary N) is 2. The molecule has 8 heteroatoms. The van der Waals surface area contributed by atoms with E-state index in [1.807, 2.05) is 18.2 Å². The van der Waals surface area contributed by atoms with Crippen LogP contribution in [0.3, 0.4) is 0 Å². The van der Waals surface area contributed by atoms with Crippen LogP contribution in [0.4, 0.5) is 10.1 Å². The third-order valence-electron chi connectivity index (χ3n) is 4.33. The maximum atomic E-state index is 13.4. The minimum atomic E-state index is -0.469. The van der Waals surface area contributed by atoms with Gasteiger partial charge in [-0.05, 0) is 47.9 Å². The van der Waals surface area contributed by atoms with Gasteiger partial charge in [0.25, 0.3) is 0 Å². The highest BCUT2D eigenvalue weighted by Crippen LogP contribution is 2.32. The first-order valence-corrected chi connectivity index (χ1v) is 9.33. The van der Waals surface area contributed by atoms with Gasteiger partial charge in [0.2, 0.25) is 6.79 Å². The smallest absolute Gasteiger partial charge is 0.231 e. The molecule has 0 fully saturated rings. The summed E-state index contributed by atoms with van der Waals surface area (Å²) < 4.78 is 24.2. The molecule has 2 aromatic rings. The first kappa shape index (κ1) is 20.2. The highest BCUT2D eigenvalue weighted by molar-refractivity contribution is 6.31. The third-order valence-corrected chi connectivity index (χ3v) is 4.62. The van der Waals surface area contributed by atoms with Crippen LogP contribution in [0.2, 0.25) is 5.02 Å². The minimum absolute atomic E-state index is 0.0439. The molecule has 1 aliphatic rings. The van der Waals surface area contributed by atoms with Crippen LogP contribution < -0.4 is 25.8 Å². The molecule has 0 aromatic heterocycles. The summed E-state index contributed by atoms with van der Waals surface area (Å²) in [5.41, 5.74) is 7.31. The number of hydrogen-bond donors (Lipinski definition) is 3. The van der Waals surface area contributed by atoms with Gasteiger partial charge in [-0.3, -0.25) is 0 Å². The van der Waals surface area contributed by atoms with Crippen LogP contribution in [-0.2, 0) is 6.54 Å². The Morgan fingerprint density at radius 2 is 2.00 bits per heavy atom. The van der Waals surface area contributed by atoms with Crippen molar-refractivity contribution in [1.82, 2.24) is 5.32 Å². The zero-order valence-corrected chi connectivity index (χ0v) is 16.6. The molecule has 0 radical (unpaired) electrons. The zero-order chi connectivity index (χ0) is 20.1. The number of fused-ring (bicyclic) bond motifs is 1. The summed E-state index contributed by atoms with van der Waals surface area (Å²) in [4.78, 5) is 4.62. The number of rotatable bonds is 6. The average molecular weight is 407 g/mol. The summed E-state index contributed by atoms with van der Waals surface area (Å²) in [5.74, 6) is 1.52. The third kappa shape index (κ3) is 5.27. The maximum absolute atomic E-state index is 13.4. The Hall–Kier alpha value is -2.51. The lowest BCUT2D eigenvalue weighted by Crippen LogP contribution is -2.41. The fraction of sp³-hybridized carbons (Fsp3) is 0.350. The molecule has 4 N–H and O–H groups in total. The molecule has 2 aromatic carbocycles. The number of guanidine groups is 1. The van der Waals surface area contributed by atoms with Gasteiger partial charge in [-0.25, -0.2) is 9.38 Å². The highest BCUT2D eigenvalue weighted by Gasteiger charge is 2.17. The highest BCUT2D eigenvalue weighted by atomic mass is 35.5. The zero-order valence-electron chi connectivity index (χ0n) is 15.9. The van der Waals surface area contributed by atoms with Crippen LogP contribution in [-0.4, -0.2) is 25.8 Å². The van der Waals surface area contributed by atoms with E-state index >= 15 is 0 Å². The van der Waals surface area contributed by atoms with Gasteiger partial charge in [-0.1, -0.05) is 31.5 Å². The number of hydrogen-bond acceptors (Lipinski definition) is 4. The number of halogens is 2. The van der Waals surface area contributed by atoms with E-state index in [9.17, 15) is 4.39 Å². The van der Waals surface area contributed by atoms with Crippen molar-refractivity contribution >= 4 is 23.2 Å². The molecule has 150 valence electrons. The van der Waals surface area contributed by atoms with Gasteiger partial charge >= 0.3 is 0 Å².